The maximum absolute atomic E-state index is 5.30. The Labute approximate surface area is 89.1 Å². The van der Waals surface area contributed by atoms with Gasteiger partial charge in [0.25, 0.3) is 0 Å². The van der Waals surface area contributed by atoms with Crippen LogP contribution in [0, 0.1) is 18.3 Å². The second-order valence-corrected chi connectivity index (χ2v) is 4.20. The van der Waals surface area contributed by atoms with Crippen LogP contribution in [-0.2, 0) is 0 Å². The summed E-state index contributed by atoms with van der Waals surface area (Å²) in [5.41, 5.74) is 0. The quantitative estimate of drug-likeness (QED) is 0.622. The molecule has 0 saturated carbocycles. The van der Waals surface area contributed by atoms with Crippen molar-refractivity contribution in [3.63, 3.8) is 0 Å². The highest BCUT2D eigenvalue weighted by Gasteiger charge is 2.07. The molecule has 0 bridgehead atoms. The fraction of sp³-hybridized carbons (Fsp3) is 0.833. The zero-order valence-corrected chi connectivity index (χ0v) is 10.0. The monoisotopic (exact) mass is 196 g/mol. The SMILES string of the molecule is C#CCN(CC)CC(C)CNC(C)C. The Morgan fingerprint density at radius 3 is 2.43 bits per heavy atom. The largest absolute Gasteiger partial charge is 0.314 e. The van der Waals surface area contributed by atoms with Gasteiger partial charge in [-0.2, -0.15) is 0 Å². The minimum absolute atomic E-state index is 0.570. The number of nitrogens with one attached hydrogen (secondary N) is 1. The number of hydrogen-bond donors (Lipinski definition) is 1. The lowest BCUT2D eigenvalue weighted by atomic mass is 10.1. The van der Waals surface area contributed by atoms with Crippen molar-refractivity contribution in [2.45, 2.75) is 33.7 Å². The molecular formula is C12H24N2. The fourth-order valence-corrected chi connectivity index (χ4v) is 1.38. The van der Waals surface area contributed by atoms with E-state index in [0.29, 0.717) is 12.0 Å². The van der Waals surface area contributed by atoms with E-state index in [1.165, 1.54) is 0 Å². The summed E-state index contributed by atoms with van der Waals surface area (Å²) in [4.78, 5) is 2.30. The van der Waals surface area contributed by atoms with E-state index in [2.05, 4.69) is 43.8 Å². The van der Waals surface area contributed by atoms with Crippen LogP contribution in [0.3, 0.4) is 0 Å². The van der Waals surface area contributed by atoms with Crippen LogP contribution >= 0.6 is 0 Å². The zero-order chi connectivity index (χ0) is 11.0. The molecule has 0 spiro atoms. The Morgan fingerprint density at radius 1 is 1.36 bits per heavy atom. The minimum Gasteiger partial charge on any atom is -0.314 e. The van der Waals surface area contributed by atoms with Crippen LogP contribution in [0.1, 0.15) is 27.7 Å². The first-order valence-electron chi connectivity index (χ1n) is 5.49. The zero-order valence-electron chi connectivity index (χ0n) is 10.0. The molecule has 0 amide bonds. The van der Waals surface area contributed by atoms with Gasteiger partial charge in [0.1, 0.15) is 0 Å². The van der Waals surface area contributed by atoms with Gasteiger partial charge in [0.2, 0.25) is 0 Å². The van der Waals surface area contributed by atoms with Crippen LogP contribution in [0.15, 0.2) is 0 Å². The Balaban J connectivity index is 3.68. The molecule has 0 radical (unpaired) electrons. The van der Waals surface area contributed by atoms with E-state index in [4.69, 9.17) is 6.42 Å². The van der Waals surface area contributed by atoms with Crippen LogP contribution in [0.5, 0.6) is 0 Å². The lowest BCUT2D eigenvalue weighted by Gasteiger charge is -2.23. The smallest absolute Gasteiger partial charge is 0.0598 e. The van der Waals surface area contributed by atoms with Crippen molar-refractivity contribution in [2.75, 3.05) is 26.2 Å². The number of hydrogen-bond acceptors (Lipinski definition) is 2. The Kier molecular flexibility index (Phi) is 7.55. The molecule has 0 aliphatic rings. The highest BCUT2D eigenvalue weighted by atomic mass is 15.1. The first kappa shape index (κ1) is 13.5. The molecule has 1 atom stereocenters. The van der Waals surface area contributed by atoms with Gasteiger partial charge >= 0.3 is 0 Å². The van der Waals surface area contributed by atoms with Crippen molar-refractivity contribution in [1.82, 2.24) is 10.2 Å². The van der Waals surface area contributed by atoms with Crippen molar-refractivity contribution in [1.29, 1.82) is 0 Å². The second-order valence-electron chi connectivity index (χ2n) is 4.20. The third-order valence-electron chi connectivity index (χ3n) is 2.21. The van der Waals surface area contributed by atoms with Gasteiger partial charge in [-0.25, -0.2) is 0 Å². The number of terminal acetylenes is 1. The van der Waals surface area contributed by atoms with Gasteiger partial charge in [-0.3, -0.25) is 4.90 Å². The molecule has 0 fully saturated rings. The second kappa shape index (κ2) is 7.84. The predicted molar refractivity (Wildman–Crippen MR) is 63.2 cm³/mol. The van der Waals surface area contributed by atoms with Crippen LogP contribution in [0.2, 0.25) is 0 Å². The fourth-order valence-electron chi connectivity index (χ4n) is 1.38. The van der Waals surface area contributed by atoms with E-state index in [1.807, 2.05) is 0 Å². The van der Waals surface area contributed by atoms with Gasteiger partial charge in [0.15, 0.2) is 0 Å². The van der Waals surface area contributed by atoms with Gasteiger partial charge in [0, 0.05) is 12.6 Å². The first-order chi connectivity index (χ1) is 6.60. The topological polar surface area (TPSA) is 15.3 Å². The lowest BCUT2D eigenvalue weighted by molar-refractivity contribution is 0.269. The molecule has 1 N–H and O–H groups in total. The van der Waals surface area contributed by atoms with E-state index in [9.17, 15) is 0 Å². The van der Waals surface area contributed by atoms with Crippen molar-refractivity contribution in [2.24, 2.45) is 5.92 Å². The number of nitrogens with zero attached hydrogens (tertiary/aromatic N) is 1. The molecule has 0 saturated heterocycles. The average Bonchev–Trinajstić information content (AvgIpc) is 2.14. The molecule has 2 nitrogen and oxygen atoms in total. The Hall–Kier alpha value is -0.520. The third-order valence-corrected chi connectivity index (χ3v) is 2.21. The van der Waals surface area contributed by atoms with Crippen LogP contribution in [0.25, 0.3) is 0 Å². The van der Waals surface area contributed by atoms with E-state index < -0.39 is 0 Å². The molecule has 0 aliphatic carbocycles. The predicted octanol–water partition coefficient (Wildman–Crippen LogP) is 1.58. The van der Waals surface area contributed by atoms with E-state index in [0.717, 1.165) is 26.2 Å². The molecule has 0 rings (SSSR count). The maximum atomic E-state index is 5.30. The van der Waals surface area contributed by atoms with E-state index in [-0.39, 0.29) is 0 Å². The lowest BCUT2D eigenvalue weighted by Crippen LogP contribution is -2.35. The van der Waals surface area contributed by atoms with Crippen LogP contribution in [0.4, 0.5) is 0 Å². The summed E-state index contributed by atoms with van der Waals surface area (Å²) >= 11 is 0. The van der Waals surface area contributed by atoms with Crippen LogP contribution < -0.4 is 5.32 Å². The highest BCUT2D eigenvalue weighted by molar-refractivity contribution is 4.88. The van der Waals surface area contributed by atoms with Crippen molar-refractivity contribution in [3.05, 3.63) is 0 Å². The Bertz CT molecular complexity index is 170. The van der Waals surface area contributed by atoms with Gasteiger partial charge in [-0.05, 0) is 19.0 Å². The van der Waals surface area contributed by atoms with Crippen molar-refractivity contribution < 1.29 is 0 Å². The summed E-state index contributed by atoms with van der Waals surface area (Å²) in [7, 11) is 0. The molecule has 14 heavy (non-hydrogen) atoms. The van der Waals surface area contributed by atoms with Gasteiger partial charge in [-0.15, -0.1) is 6.42 Å². The highest BCUT2D eigenvalue weighted by Crippen LogP contribution is 1.98. The molecule has 82 valence electrons. The maximum Gasteiger partial charge on any atom is 0.0598 e. The standard InChI is InChI=1S/C12H24N2/c1-6-8-14(7-2)10-12(5)9-13-11(3)4/h1,11-13H,7-10H2,2-5H3. The number of rotatable bonds is 7. The summed E-state index contributed by atoms with van der Waals surface area (Å²) in [5, 5.41) is 3.44. The molecule has 0 heterocycles. The molecule has 0 aromatic heterocycles. The molecule has 2 heteroatoms. The van der Waals surface area contributed by atoms with Gasteiger partial charge in [0.05, 0.1) is 6.54 Å². The summed E-state index contributed by atoms with van der Waals surface area (Å²) in [6.07, 6.45) is 5.30. The Morgan fingerprint density at radius 2 is 2.00 bits per heavy atom. The summed E-state index contributed by atoms with van der Waals surface area (Å²) in [6, 6.07) is 0.570. The van der Waals surface area contributed by atoms with E-state index in [1.54, 1.807) is 0 Å². The first-order valence-corrected chi connectivity index (χ1v) is 5.49. The van der Waals surface area contributed by atoms with E-state index >= 15 is 0 Å². The van der Waals surface area contributed by atoms with Gasteiger partial charge in [-0.1, -0.05) is 33.6 Å². The molecular weight excluding hydrogens is 172 g/mol. The molecule has 0 aliphatic heterocycles. The molecule has 1 unspecified atom stereocenters. The van der Waals surface area contributed by atoms with Crippen molar-refractivity contribution >= 4 is 0 Å². The van der Waals surface area contributed by atoms with Gasteiger partial charge < -0.3 is 5.32 Å². The normalized spacial score (nSPS) is 13.2. The summed E-state index contributed by atoms with van der Waals surface area (Å²) in [5.74, 6) is 3.35. The molecule has 0 aromatic carbocycles. The van der Waals surface area contributed by atoms with Crippen LogP contribution in [-0.4, -0.2) is 37.1 Å². The van der Waals surface area contributed by atoms with Crippen molar-refractivity contribution in [3.8, 4) is 12.3 Å². The third kappa shape index (κ3) is 6.94. The average molecular weight is 196 g/mol. The summed E-state index contributed by atoms with van der Waals surface area (Å²) < 4.78 is 0. The minimum atomic E-state index is 0.570. The summed E-state index contributed by atoms with van der Waals surface area (Å²) in [6.45, 7) is 12.7. The molecule has 0 aromatic rings.